The highest BCUT2D eigenvalue weighted by atomic mass is 16.2. The van der Waals surface area contributed by atoms with E-state index in [1.807, 2.05) is 17.2 Å². The fourth-order valence-electron chi connectivity index (χ4n) is 3.44. The van der Waals surface area contributed by atoms with Crippen LogP contribution >= 0.6 is 0 Å². The van der Waals surface area contributed by atoms with Crippen LogP contribution in [-0.2, 0) is 4.79 Å². The summed E-state index contributed by atoms with van der Waals surface area (Å²) in [6.07, 6.45) is 7.59. The Kier molecular flexibility index (Phi) is 8.19. The molecule has 1 aliphatic heterocycles. The molecule has 1 saturated heterocycles. The molecule has 1 unspecified atom stereocenters. The summed E-state index contributed by atoms with van der Waals surface area (Å²) in [6.45, 7) is 10.2. The summed E-state index contributed by atoms with van der Waals surface area (Å²) in [5, 5.41) is 3.40. The molecule has 1 atom stereocenters. The number of nitrogens with one attached hydrogen (secondary N) is 1. The molecule has 5 heteroatoms. The summed E-state index contributed by atoms with van der Waals surface area (Å²) in [4.78, 5) is 21.5. The molecular weight excluding hydrogens is 300 g/mol. The molecule has 2 rings (SSSR count). The number of carbonyl (C=O) groups excluding carboxylic acids is 1. The minimum absolute atomic E-state index is 0.113. The van der Waals surface area contributed by atoms with Crippen molar-refractivity contribution in [1.82, 2.24) is 20.1 Å². The van der Waals surface area contributed by atoms with Crippen LogP contribution in [0, 0.1) is 0 Å². The van der Waals surface area contributed by atoms with Crippen LogP contribution in [0.3, 0.4) is 0 Å². The second-order valence-corrected chi connectivity index (χ2v) is 6.54. The molecule has 0 saturated carbocycles. The van der Waals surface area contributed by atoms with Gasteiger partial charge in [-0.3, -0.25) is 9.78 Å². The first-order valence-electron chi connectivity index (χ1n) is 9.38. The van der Waals surface area contributed by atoms with Gasteiger partial charge in [0.1, 0.15) is 0 Å². The second kappa shape index (κ2) is 10.4. The quantitative estimate of drug-likeness (QED) is 0.755. The maximum atomic E-state index is 12.7. The minimum Gasteiger partial charge on any atom is -0.333 e. The van der Waals surface area contributed by atoms with Crippen molar-refractivity contribution in [3.8, 4) is 0 Å². The van der Waals surface area contributed by atoms with Crippen molar-refractivity contribution in [1.29, 1.82) is 0 Å². The predicted molar refractivity (Wildman–Crippen MR) is 97.8 cm³/mol. The molecule has 134 valence electrons. The molecule has 2 heterocycles. The zero-order valence-electron chi connectivity index (χ0n) is 15.2. The van der Waals surface area contributed by atoms with Crippen LogP contribution < -0.4 is 5.32 Å². The van der Waals surface area contributed by atoms with Gasteiger partial charge in [0.15, 0.2) is 0 Å². The topological polar surface area (TPSA) is 48.5 Å². The van der Waals surface area contributed by atoms with Crippen LogP contribution in [0.2, 0.25) is 0 Å². The molecule has 1 N–H and O–H groups in total. The molecule has 0 spiro atoms. The Hall–Kier alpha value is -1.46. The Morgan fingerprint density at radius 3 is 2.79 bits per heavy atom. The van der Waals surface area contributed by atoms with Gasteiger partial charge < -0.3 is 15.1 Å². The van der Waals surface area contributed by atoms with Crippen molar-refractivity contribution in [2.24, 2.45) is 0 Å². The summed E-state index contributed by atoms with van der Waals surface area (Å²) >= 11 is 0. The van der Waals surface area contributed by atoms with Gasteiger partial charge in [0.2, 0.25) is 5.91 Å². The molecule has 0 bridgehead atoms. The van der Waals surface area contributed by atoms with Gasteiger partial charge in [0, 0.05) is 38.4 Å². The first-order chi connectivity index (χ1) is 11.8. The van der Waals surface area contributed by atoms with Gasteiger partial charge in [-0.25, -0.2) is 0 Å². The van der Waals surface area contributed by atoms with E-state index >= 15 is 0 Å². The maximum absolute atomic E-state index is 12.7. The van der Waals surface area contributed by atoms with E-state index in [0.29, 0.717) is 6.42 Å². The smallest absolute Gasteiger partial charge is 0.223 e. The van der Waals surface area contributed by atoms with E-state index in [9.17, 15) is 4.79 Å². The van der Waals surface area contributed by atoms with E-state index in [2.05, 4.69) is 35.1 Å². The third-order valence-electron chi connectivity index (χ3n) is 4.58. The number of aromatic nitrogens is 1. The SMILES string of the molecule is CCCN(CCC)CCCC(=O)N1CCNCC1c1cccnc1. The van der Waals surface area contributed by atoms with E-state index in [-0.39, 0.29) is 11.9 Å². The monoisotopic (exact) mass is 332 g/mol. The maximum Gasteiger partial charge on any atom is 0.223 e. The highest BCUT2D eigenvalue weighted by molar-refractivity contribution is 5.76. The molecule has 1 fully saturated rings. The normalized spacial score (nSPS) is 18.1. The van der Waals surface area contributed by atoms with Gasteiger partial charge in [0.05, 0.1) is 6.04 Å². The number of rotatable bonds is 9. The summed E-state index contributed by atoms with van der Waals surface area (Å²) < 4.78 is 0. The fourth-order valence-corrected chi connectivity index (χ4v) is 3.44. The van der Waals surface area contributed by atoms with Crippen molar-refractivity contribution >= 4 is 5.91 Å². The zero-order valence-corrected chi connectivity index (χ0v) is 15.2. The Bertz CT molecular complexity index is 474. The molecular formula is C19H32N4O. The van der Waals surface area contributed by atoms with E-state index in [0.717, 1.165) is 51.3 Å². The van der Waals surface area contributed by atoms with Crippen molar-refractivity contribution < 1.29 is 4.79 Å². The average Bonchev–Trinajstić information content (AvgIpc) is 2.63. The lowest BCUT2D eigenvalue weighted by Gasteiger charge is -2.36. The number of hydrogen-bond donors (Lipinski definition) is 1. The summed E-state index contributed by atoms with van der Waals surface area (Å²) in [6, 6.07) is 4.12. The van der Waals surface area contributed by atoms with Crippen molar-refractivity contribution in [3.05, 3.63) is 30.1 Å². The minimum atomic E-state index is 0.113. The number of piperazine rings is 1. The zero-order chi connectivity index (χ0) is 17.2. The third kappa shape index (κ3) is 5.56. The molecule has 0 radical (unpaired) electrons. The van der Waals surface area contributed by atoms with Crippen LogP contribution in [-0.4, -0.2) is 60.0 Å². The Morgan fingerprint density at radius 2 is 2.12 bits per heavy atom. The van der Waals surface area contributed by atoms with Crippen LogP contribution in [0.1, 0.15) is 51.1 Å². The number of hydrogen-bond acceptors (Lipinski definition) is 4. The van der Waals surface area contributed by atoms with Crippen LogP contribution in [0.4, 0.5) is 0 Å². The third-order valence-corrected chi connectivity index (χ3v) is 4.58. The van der Waals surface area contributed by atoms with E-state index in [1.54, 1.807) is 6.20 Å². The molecule has 5 nitrogen and oxygen atoms in total. The molecule has 24 heavy (non-hydrogen) atoms. The second-order valence-electron chi connectivity index (χ2n) is 6.54. The number of amides is 1. The molecule has 1 aliphatic rings. The Labute approximate surface area is 146 Å². The largest absolute Gasteiger partial charge is 0.333 e. The van der Waals surface area contributed by atoms with Gasteiger partial charge in [-0.1, -0.05) is 19.9 Å². The Balaban J connectivity index is 1.87. The van der Waals surface area contributed by atoms with Crippen LogP contribution in [0.15, 0.2) is 24.5 Å². The number of carbonyl (C=O) groups is 1. The first-order valence-corrected chi connectivity index (χ1v) is 9.38. The fraction of sp³-hybridized carbons (Fsp3) is 0.684. The van der Waals surface area contributed by atoms with Gasteiger partial charge >= 0.3 is 0 Å². The van der Waals surface area contributed by atoms with Crippen molar-refractivity contribution in [2.45, 2.75) is 45.6 Å². The van der Waals surface area contributed by atoms with E-state index in [4.69, 9.17) is 0 Å². The van der Waals surface area contributed by atoms with Gasteiger partial charge in [0.25, 0.3) is 0 Å². The lowest BCUT2D eigenvalue weighted by Crippen LogP contribution is -2.48. The lowest BCUT2D eigenvalue weighted by atomic mass is 10.0. The summed E-state index contributed by atoms with van der Waals surface area (Å²) in [5.74, 6) is 0.276. The van der Waals surface area contributed by atoms with Crippen molar-refractivity contribution in [2.75, 3.05) is 39.3 Å². The van der Waals surface area contributed by atoms with E-state index in [1.165, 1.54) is 12.8 Å². The molecule has 0 aromatic carbocycles. The van der Waals surface area contributed by atoms with Crippen LogP contribution in [0.25, 0.3) is 0 Å². The summed E-state index contributed by atoms with van der Waals surface area (Å²) in [5.41, 5.74) is 1.12. The van der Waals surface area contributed by atoms with Crippen molar-refractivity contribution in [3.63, 3.8) is 0 Å². The standard InChI is InChI=1S/C19H32N4O/c1-3-11-22(12-4-2)13-6-8-19(24)23-14-10-21-16-18(23)17-7-5-9-20-15-17/h5,7,9,15,18,21H,3-4,6,8,10-14,16H2,1-2H3. The summed E-state index contributed by atoms with van der Waals surface area (Å²) in [7, 11) is 0. The number of pyridine rings is 1. The van der Waals surface area contributed by atoms with E-state index < -0.39 is 0 Å². The lowest BCUT2D eigenvalue weighted by molar-refractivity contribution is -0.134. The van der Waals surface area contributed by atoms with Gasteiger partial charge in [-0.05, 0) is 50.5 Å². The predicted octanol–water partition coefficient (Wildman–Crippen LogP) is 2.46. The van der Waals surface area contributed by atoms with Crippen LogP contribution in [0.5, 0.6) is 0 Å². The molecule has 1 aromatic heterocycles. The average molecular weight is 332 g/mol. The molecule has 1 aromatic rings. The first kappa shape index (κ1) is 18.9. The molecule has 1 amide bonds. The number of nitrogens with zero attached hydrogens (tertiary/aromatic N) is 3. The van der Waals surface area contributed by atoms with Gasteiger partial charge in [-0.2, -0.15) is 0 Å². The Morgan fingerprint density at radius 1 is 1.33 bits per heavy atom. The highest BCUT2D eigenvalue weighted by Gasteiger charge is 2.27. The van der Waals surface area contributed by atoms with Gasteiger partial charge in [-0.15, -0.1) is 0 Å². The molecule has 0 aliphatic carbocycles. The highest BCUT2D eigenvalue weighted by Crippen LogP contribution is 2.22.